The minimum absolute atomic E-state index is 0.0723. The van der Waals surface area contributed by atoms with Gasteiger partial charge in [0.05, 0.1) is 23.2 Å². The minimum Gasteiger partial charge on any atom is -0.397 e. The van der Waals surface area contributed by atoms with E-state index in [4.69, 9.17) is 22.1 Å². The molecule has 1 aliphatic heterocycles. The third-order valence-corrected chi connectivity index (χ3v) is 4.16. The van der Waals surface area contributed by atoms with Gasteiger partial charge in [0, 0.05) is 17.4 Å². The number of nitrogen functional groups attached to an aromatic ring is 1. The number of amides is 1. The summed E-state index contributed by atoms with van der Waals surface area (Å²) in [7, 11) is 0. The van der Waals surface area contributed by atoms with Crippen LogP contribution in [0.4, 0.5) is 11.4 Å². The van der Waals surface area contributed by atoms with Crippen molar-refractivity contribution in [1.29, 1.82) is 0 Å². The molecule has 3 N–H and O–H groups in total. The Morgan fingerprint density at radius 2 is 2.42 bits per heavy atom. The normalized spacial score (nSPS) is 18.5. The molecule has 1 atom stereocenters. The van der Waals surface area contributed by atoms with E-state index in [1.165, 1.54) is 0 Å². The van der Waals surface area contributed by atoms with E-state index in [-0.39, 0.29) is 5.91 Å². The molecule has 0 bridgehead atoms. The molecule has 1 unspecified atom stereocenters. The van der Waals surface area contributed by atoms with E-state index in [9.17, 15) is 4.79 Å². The molecule has 1 aromatic carbocycles. The van der Waals surface area contributed by atoms with Crippen LogP contribution in [0, 0.1) is 0 Å². The van der Waals surface area contributed by atoms with E-state index in [2.05, 4.69) is 5.32 Å². The lowest BCUT2D eigenvalue weighted by Crippen LogP contribution is -2.17. The van der Waals surface area contributed by atoms with Gasteiger partial charge in [-0.25, -0.2) is 0 Å². The average molecular weight is 301 g/mol. The van der Waals surface area contributed by atoms with Crippen molar-refractivity contribution in [3.8, 4) is 0 Å². The first kappa shape index (κ1) is 14.5. The molecule has 1 heterocycles. The second-order valence-corrected chi connectivity index (χ2v) is 5.90. The molecular formula is C13H17ClN2O2S. The molecule has 0 aliphatic carbocycles. The number of halogens is 1. The number of ether oxygens (including phenoxy) is 1. The quantitative estimate of drug-likeness (QED) is 0.821. The summed E-state index contributed by atoms with van der Waals surface area (Å²) in [6, 6.07) is 5.02. The Morgan fingerprint density at radius 3 is 3.16 bits per heavy atom. The van der Waals surface area contributed by atoms with Gasteiger partial charge in [0.2, 0.25) is 5.91 Å². The van der Waals surface area contributed by atoms with E-state index in [0.29, 0.717) is 28.3 Å². The summed E-state index contributed by atoms with van der Waals surface area (Å²) < 4.78 is 5.50. The Kier molecular flexibility index (Phi) is 5.36. The zero-order valence-electron chi connectivity index (χ0n) is 10.5. The second kappa shape index (κ2) is 7.03. The van der Waals surface area contributed by atoms with Gasteiger partial charge in [-0.3, -0.25) is 4.79 Å². The molecule has 0 saturated carbocycles. The number of hydrogen-bond donors (Lipinski definition) is 2. The van der Waals surface area contributed by atoms with Crippen LogP contribution in [0.3, 0.4) is 0 Å². The van der Waals surface area contributed by atoms with Crippen LogP contribution in [-0.4, -0.2) is 30.1 Å². The van der Waals surface area contributed by atoms with Gasteiger partial charge in [-0.15, -0.1) is 11.8 Å². The van der Waals surface area contributed by atoms with Crippen molar-refractivity contribution in [3.63, 3.8) is 0 Å². The maximum atomic E-state index is 11.8. The maximum absolute atomic E-state index is 11.8. The van der Waals surface area contributed by atoms with Crippen molar-refractivity contribution in [3.05, 3.63) is 23.2 Å². The zero-order valence-corrected chi connectivity index (χ0v) is 12.1. The van der Waals surface area contributed by atoms with Crippen LogP contribution in [0.2, 0.25) is 5.02 Å². The summed E-state index contributed by atoms with van der Waals surface area (Å²) in [6.45, 7) is 0.844. The van der Waals surface area contributed by atoms with E-state index in [0.717, 1.165) is 25.2 Å². The first-order valence-electron chi connectivity index (χ1n) is 6.19. The average Bonchev–Trinajstić information content (AvgIpc) is 2.87. The lowest BCUT2D eigenvalue weighted by molar-refractivity contribution is -0.113. The first-order valence-corrected chi connectivity index (χ1v) is 7.72. The fraction of sp³-hybridized carbons (Fsp3) is 0.462. The van der Waals surface area contributed by atoms with Crippen LogP contribution in [-0.2, 0) is 9.53 Å². The van der Waals surface area contributed by atoms with Gasteiger partial charge < -0.3 is 15.8 Å². The number of rotatable bonds is 5. The molecule has 0 spiro atoms. The molecular weight excluding hydrogens is 284 g/mol. The molecule has 1 aliphatic rings. The molecule has 6 heteroatoms. The Hall–Kier alpha value is -0.910. The topological polar surface area (TPSA) is 64.3 Å². The number of thioether (sulfide) groups is 1. The van der Waals surface area contributed by atoms with Gasteiger partial charge in [-0.2, -0.15) is 0 Å². The highest BCUT2D eigenvalue weighted by atomic mass is 35.5. The van der Waals surface area contributed by atoms with Crippen LogP contribution in [0.15, 0.2) is 18.2 Å². The summed E-state index contributed by atoms with van der Waals surface area (Å²) in [5.41, 5.74) is 6.85. The lowest BCUT2D eigenvalue weighted by Gasteiger charge is -2.10. The molecule has 104 valence electrons. The Morgan fingerprint density at radius 1 is 1.58 bits per heavy atom. The van der Waals surface area contributed by atoms with E-state index in [1.54, 1.807) is 30.0 Å². The smallest absolute Gasteiger partial charge is 0.234 e. The molecule has 1 aromatic rings. The number of nitrogens with one attached hydrogen (secondary N) is 1. The van der Waals surface area contributed by atoms with Gasteiger partial charge in [-0.1, -0.05) is 11.6 Å². The lowest BCUT2D eigenvalue weighted by atomic mass is 10.2. The van der Waals surface area contributed by atoms with Gasteiger partial charge in [0.25, 0.3) is 0 Å². The van der Waals surface area contributed by atoms with Gasteiger partial charge in [0.1, 0.15) is 0 Å². The summed E-state index contributed by atoms with van der Waals surface area (Å²) in [5.74, 6) is 1.18. The van der Waals surface area contributed by atoms with Crippen LogP contribution in [0.5, 0.6) is 0 Å². The van der Waals surface area contributed by atoms with Crippen molar-refractivity contribution >= 4 is 40.6 Å². The maximum Gasteiger partial charge on any atom is 0.234 e. The molecule has 0 radical (unpaired) electrons. The van der Waals surface area contributed by atoms with Crippen LogP contribution < -0.4 is 11.1 Å². The number of carbonyl (C=O) groups is 1. The van der Waals surface area contributed by atoms with Gasteiger partial charge >= 0.3 is 0 Å². The highest BCUT2D eigenvalue weighted by molar-refractivity contribution is 8.00. The second-order valence-electron chi connectivity index (χ2n) is 4.43. The van der Waals surface area contributed by atoms with Crippen molar-refractivity contribution in [2.24, 2.45) is 0 Å². The highest BCUT2D eigenvalue weighted by Gasteiger charge is 2.16. The number of nitrogens with two attached hydrogens (primary N) is 1. The Balaban J connectivity index is 1.75. The third-order valence-electron chi connectivity index (χ3n) is 2.85. The van der Waals surface area contributed by atoms with Crippen LogP contribution >= 0.6 is 23.4 Å². The standard InChI is InChI=1S/C13H17ClN2O2S/c14-9-3-4-11(15)12(6-9)16-13(17)8-19-7-10-2-1-5-18-10/h3-4,6,10H,1-2,5,7-8,15H2,(H,16,17). The van der Waals surface area contributed by atoms with Crippen molar-refractivity contribution in [2.45, 2.75) is 18.9 Å². The Labute approximate surface area is 122 Å². The van der Waals surface area contributed by atoms with E-state index in [1.807, 2.05) is 0 Å². The monoisotopic (exact) mass is 300 g/mol. The zero-order chi connectivity index (χ0) is 13.7. The van der Waals surface area contributed by atoms with Crippen LogP contribution in [0.1, 0.15) is 12.8 Å². The highest BCUT2D eigenvalue weighted by Crippen LogP contribution is 2.23. The largest absolute Gasteiger partial charge is 0.397 e. The third kappa shape index (κ3) is 4.60. The first-order chi connectivity index (χ1) is 9.15. The van der Waals surface area contributed by atoms with Crippen LogP contribution in [0.25, 0.3) is 0 Å². The predicted octanol–water partition coefficient (Wildman–Crippen LogP) is 2.77. The number of benzene rings is 1. The predicted molar refractivity (Wildman–Crippen MR) is 80.8 cm³/mol. The molecule has 4 nitrogen and oxygen atoms in total. The number of hydrogen-bond acceptors (Lipinski definition) is 4. The van der Waals surface area contributed by atoms with E-state index >= 15 is 0 Å². The molecule has 19 heavy (non-hydrogen) atoms. The SMILES string of the molecule is Nc1ccc(Cl)cc1NC(=O)CSCC1CCCO1. The number of anilines is 2. The summed E-state index contributed by atoms with van der Waals surface area (Å²) >= 11 is 7.44. The van der Waals surface area contributed by atoms with Gasteiger partial charge in [0.15, 0.2) is 0 Å². The number of carbonyl (C=O) groups excluding carboxylic acids is 1. The molecule has 1 saturated heterocycles. The molecule has 0 aromatic heterocycles. The minimum atomic E-state index is -0.0723. The summed E-state index contributed by atoms with van der Waals surface area (Å²) in [4.78, 5) is 11.8. The van der Waals surface area contributed by atoms with E-state index < -0.39 is 0 Å². The molecule has 1 fully saturated rings. The molecule has 2 rings (SSSR count). The fourth-order valence-electron chi connectivity index (χ4n) is 1.88. The molecule has 1 amide bonds. The summed E-state index contributed by atoms with van der Waals surface area (Å²) in [5, 5.41) is 3.32. The summed E-state index contributed by atoms with van der Waals surface area (Å²) in [6.07, 6.45) is 2.51. The van der Waals surface area contributed by atoms with Crippen molar-refractivity contribution < 1.29 is 9.53 Å². The fourth-order valence-corrected chi connectivity index (χ4v) is 2.96. The van der Waals surface area contributed by atoms with Gasteiger partial charge in [-0.05, 0) is 31.0 Å². The van der Waals surface area contributed by atoms with Crippen molar-refractivity contribution in [2.75, 3.05) is 29.2 Å². The van der Waals surface area contributed by atoms with Crippen molar-refractivity contribution in [1.82, 2.24) is 0 Å². The Bertz CT molecular complexity index is 450.